The fourth-order valence-electron chi connectivity index (χ4n) is 5.05. The average molecular weight is 719 g/mol. The molecule has 2 N–H and O–H groups in total. The highest BCUT2D eigenvalue weighted by molar-refractivity contribution is 8.00. The Morgan fingerprint density at radius 2 is 1.33 bits per heavy atom. The van der Waals surface area contributed by atoms with Crippen LogP contribution in [0.4, 0.5) is 0 Å². The lowest BCUT2D eigenvalue weighted by Gasteiger charge is -2.40. The second-order valence-electron chi connectivity index (χ2n) is 12.4. The van der Waals surface area contributed by atoms with Crippen molar-refractivity contribution in [2.75, 3.05) is 43.8 Å². The van der Waals surface area contributed by atoms with Gasteiger partial charge in [-0.05, 0) is 106 Å². The van der Waals surface area contributed by atoms with Gasteiger partial charge in [0.15, 0.2) is 0 Å². The molecule has 1 rings (SSSR count). The number of thioether (sulfide) groups is 1. The molecular formula is C36H62Cl2N3O3PS. The Kier molecular flexibility index (Phi) is 24.6. The molecule has 1 amide bonds. The van der Waals surface area contributed by atoms with Gasteiger partial charge in [-0.15, -0.1) is 35.0 Å². The summed E-state index contributed by atoms with van der Waals surface area (Å²) < 4.78 is 20.7. The summed E-state index contributed by atoms with van der Waals surface area (Å²) in [4.78, 5) is 12.4. The zero-order valence-electron chi connectivity index (χ0n) is 29.5. The predicted molar refractivity (Wildman–Crippen MR) is 204 cm³/mol. The number of unbranched alkanes of at least 4 members (excludes halogenated alkanes) is 1. The normalized spacial score (nSPS) is 20.2. The van der Waals surface area contributed by atoms with Gasteiger partial charge in [0.25, 0.3) is 0 Å². The van der Waals surface area contributed by atoms with E-state index in [9.17, 15) is 9.36 Å². The molecule has 0 spiro atoms. The monoisotopic (exact) mass is 717 g/mol. The fraction of sp³-hybridized carbons (Fsp3) is 0.694. The summed E-state index contributed by atoms with van der Waals surface area (Å²) in [6.45, 7) is 15.0. The van der Waals surface area contributed by atoms with Crippen LogP contribution in [0.3, 0.4) is 0 Å². The molecule has 0 aromatic heterocycles. The number of nitrogens with one attached hydrogen (secondary N) is 2. The van der Waals surface area contributed by atoms with Gasteiger partial charge in [-0.2, -0.15) is 0 Å². The largest absolute Gasteiger partial charge is 0.355 e. The van der Waals surface area contributed by atoms with E-state index < -0.39 is 7.67 Å². The van der Waals surface area contributed by atoms with E-state index in [1.807, 2.05) is 4.67 Å². The molecule has 0 aromatic carbocycles. The first-order valence-corrected chi connectivity index (χ1v) is 20.7. The number of carbonyl (C=O) groups is 1. The van der Waals surface area contributed by atoms with E-state index >= 15 is 0 Å². The smallest absolute Gasteiger partial charge is 0.344 e. The van der Waals surface area contributed by atoms with Crippen LogP contribution in [0, 0.1) is 0 Å². The van der Waals surface area contributed by atoms with Crippen molar-refractivity contribution >= 4 is 48.5 Å². The standard InChI is InChI=1S/C36H62Cl2N3O3PS/c1-30(2)12-9-15-33(5)18-10-16-31(3)13-7-8-14-32(4)17-11-19-34(6)20-21-35(42)39-26-29-46-36-22-28-44-45(43,40-25-23-37)41(36)27-24-38/h12-14,18-19,36H,7-11,15-17,20-29H2,1-6H3,(H,39,42)(H,40,43). The number of amides is 1. The Hall–Kier alpha value is -0.790. The van der Waals surface area contributed by atoms with Crippen LogP contribution in [0.2, 0.25) is 0 Å². The highest BCUT2D eigenvalue weighted by atomic mass is 35.5. The van der Waals surface area contributed by atoms with Crippen molar-refractivity contribution in [2.45, 2.75) is 118 Å². The number of rotatable bonds is 24. The van der Waals surface area contributed by atoms with E-state index in [1.54, 1.807) is 11.8 Å². The van der Waals surface area contributed by atoms with Crippen LogP contribution in [-0.2, 0) is 13.9 Å². The van der Waals surface area contributed by atoms with Crippen molar-refractivity contribution in [3.63, 3.8) is 0 Å². The molecule has 6 nitrogen and oxygen atoms in total. The number of allylic oxidation sites excluding steroid dienone is 10. The molecule has 0 aliphatic carbocycles. The number of halogens is 2. The maximum absolute atomic E-state index is 13.3. The lowest BCUT2D eigenvalue weighted by atomic mass is 10.0. The highest BCUT2D eigenvalue weighted by Gasteiger charge is 2.40. The van der Waals surface area contributed by atoms with Crippen LogP contribution < -0.4 is 10.4 Å². The first-order valence-electron chi connectivity index (χ1n) is 17.0. The lowest BCUT2D eigenvalue weighted by molar-refractivity contribution is -0.120. The molecule has 1 aliphatic heterocycles. The zero-order chi connectivity index (χ0) is 34.2. The molecule has 1 saturated heterocycles. The quantitative estimate of drug-likeness (QED) is 0.0448. The molecule has 1 heterocycles. The molecule has 0 saturated carbocycles. The molecule has 1 fully saturated rings. The van der Waals surface area contributed by atoms with Crippen molar-refractivity contribution in [2.24, 2.45) is 0 Å². The minimum Gasteiger partial charge on any atom is -0.355 e. The molecule has 2 atom stereocenters. The summed E-state index contributed by atoms with van der Waals surface area (Å²) in [5.74, 6) is 1.51. The van der Waals surface area contributed by atoms with E-state index in [1.165, 1.54) is 27.9 Å². The van der Waals surface area contributed by atoms with Gasteiger partial charge in [0.2, 0.25) is 5.91 Å². The SMILES string of the molecule is CC(C)=CCCC(C)=CCCC(C)=CCCC=C(C)CCC=C(C)CCC(=O)NCCSC1CCOP(=O)(NCCCl)N1CCCl. The highest BCUT2D eigenvalue weighted by Crippen LogP contribution is 2.53. The van der Waals surface area contributed by atoms with Crippen LogP contribution in [0.1, 0.15) is 112 Å². The first kappa shape index (κ1) is 43.2. The number of alkyl halides is 2. The zero-order valence-corrected chi connectivity index (χ0v) is 32.7. The molecule has 1 aliphatic rings. The molecule has 10 heteroatoms. The van der Waals surface area contributed by atoms with E-state index in [4.69, 9.17) is 27.7 Å². The third-order valence-corrected chi connectivity index (χ3v) is 11.9. The summed E-state index contributed by atoms with van der Waals surface area (Å²) in [5, 5.41) is 6.02. The molecular weight excluding hydrogens is 656 g/mol. The van der Waals surface area contributed by atoms with Crippen molar-refractivity contribution < 1.29 is 13.9 Å². The third kappa shape index (κ3) is 20.5. The van der Waals surface area contributed by atoms with Crippen LogP contribution in [0.5, 0.6) is 0 Å². The summed E-state index contributed by atoms with van der Waals surface area (Å²) in [6.07, 6.45) is 22.6. The Morgan fingerprint density at radius 1 is 0.783 bits per heavy atom. The molecule has 0 radical (unpaired) electrons. The van der Waals surface area contributed by atoms with Crippen LogP contribution >= 0.6 is 42.6 Å². The summed E-state index contributed by atoms with van der Waals surface area (Å²) in [7, 11) is -3.15. The molecule has 46 heavy (non-hydrogen) atoms. The van der Waals surface area contributed by atoms with E-state index in [0.29, 0.717) is 44.4 Å². The number of hydrogen-bond acceptors (Lipinski definition) is 4. The van der Waals surface area contributed by atoms with Crippen molar-refractivity contribution in [3.05, 3.63) is 58.2 Å². The number of nitrogens with zero attached hydrogens (tertiary/aromatic N) is 1. The molecule has 2 unspecified atom stereocenters. The molecule has 264 valence electrons. The predicted octanol–water partition coefficient (Wildman–Crippen LogP) is 10.7. The summed E-state index contributed by atoms with van der Waals surface area (Å²) >= 11 is 13.4. The van der Waals surface area contributed by atoms with E-state index in [-0.39, 0.29) is 11.3 Å². The van der Waals surface area contributed by atoms with E-state index in [0.717, 1.165) is 70.0 Å². The number of carbonyl (C=O) groups excluding carboxylic acids is 1. The fourth-order valence-corrected chi connectivity index (χ4v) is 9.17. The van der Waals surface area contributed by atoms with Crippen LogP contribution in [-0.4, -0.2) is 59.7 Å². The van der Waals surface area contributed by atoms with Gasteiger partial charge in [-0.25, -0.2) is 9.76 Å². The Bertz CT molecular complexity index is 1090. The Balaban J connectivity index is 2.26. The lowest BCUT2D eigenvalue weighted by Crippen LogP contribution is -2.42. The van der Waals surface area contributed by atoms with Gasteiger partial charge in [-0.1, -0.05) is 58.2 Å². The van der Waals surface area contributed by atoms with Gasteiger partial charge < -0.3 is 9.84 Å². The maximum atomic E-state index is 13.3. The van der Waals surface area contributed by atoms with Gasteiger partial charge >= 0.3 is 7.67 Å². The minimum atomic E-state index is -3.15. The molecule has 0 bridgehead atoms. The minimum absolute atomic E-state index is 0.0194. The first-order chi connectivity index (χ1) is 22.0. The third-order valence-electron chi connectivity index (χ3n) is 7.81. The van der Waals surface area contributed by atoms with E-state index in [2.05, 4.69) is 82.3 Å². The summed E-state index contributed by atoms with van der Waals surface area (Å²) in [5.41, 5.74) is 7.07. The second kappa shape index (κ2) is 26.1. The Morgan fingerprint density at radius 3 is 1.87 bits per heavy atom. The number of hydrogen-bond donors (Lipinski definition) is 2. The van der Waals surface area contributed by atoms with Crippen molar-refractivity contribution in [3.8, 4) is 0 Å². The van der Waals surface area contributed by atoms with Gasteiger partial charge in [0.05, 0.1) is 12.0 Å². The topological polar surface area (TPSA) is 70.7 Å². The van der Waals surface area contributed by atoms with Crippen molar-refractivity contribution in [1.82, 2.24) is 15.1 Å². The van der Waals surface area contributed by atoms with Gasteiger partial charge in [0, 0.05) is 43.6 Å². The van der Waals surface area contributed by atoms with Crippen LogP contribution in [0.15, 0.2) is 58.2 Å². The molecule has 0 aromatic rings. The summed E-state index contributed by atoms with van der Waals surface area (Å²) in [6, 6.07) is 0. The average Bonchev–Trinajstić information content (AvgIpc) is 3.01. The van der Waals surface area contributed by atoms with Crippen molar-refractivity contribution in [1.29, 1.82) is 0 Å². The second-order valence-corrected chi connectivity index (χ2v) is 16.6. The van der Waals surface area contributed by atoms with Gasteiger partial charge in [-0.3, -0.25) is 9.36 Å². The Labute approximate surface area is 295 Å². The van der Waals surface area contributed by atoms with Gasteiger partial charge in [0.1, 0.15) is 0 Å². The van der Waals surface area contributed by atoms with Crippen LogP contribution in [0.25, 0.3) is 0 Å². The maximum Gasteiger partial charge on any atom is 0.344 e.